The van der Waals surface area contributed by atoms with Crippen LogP contribution in [0.3, 0.4) is 0 Å². The van der Waals surface area contributed by atoms with Gasteiger partial charge >= 0.3 is 0 Å². The zero-order valence-electron chi connectivity index (χ0n) is 12.7. The van der Waals surface area contributed by atoms with E-state index in [1.54, 1.807) is 4.90 Å². The van der Waals surface area contributed by atoms with Crippen LogP contribution in [0.25, 0.3) is 0 Å². The average Bonchev–Trinajstić information content (AvgIpc) is 2.93. The third-order valence-electron chi connectivity index (χ3n) is 4.30. The Labute approximate surface area is 125 Å². The maximum atomic E-state index is 12.5. The second-order valence-electron chi connectivity index (χ2n) is 5.74. The lowest BCUT2D eigenvalue weighted by Gasteiger charge is -2.27. The summed E-state index contributed by atoms with van der Waals surface area (Å²) in [7, 11) is 0. The summed E-state index contributed by atoms with van der Waals surface area (Å²) in [4.78, 5) is 26.1. The summed E-state index contributed by atoms with van der Waals surface area (Å²) in [5.41, 5.74) is 6.57. The van der Waals surface area contributed by atoms with E-state index in [1.807, 2.05) is 38.1 Å². The van der Waals surface area contributed by atoms with Gasteiger partial charge in [0.1, 0.15) is 0 Å². The van der Waals surface area contributed by atoms with Crippen molar-refractivity contribution in [2.45, 2.75) is 33.1 Å². The average molecular weight is 289 g/mol. The molecule has 0 saturated carbocycles. The fraction of sp³-hybridized carbons (Fsp3) is 0.500. The van der Waals surface area contributed by atoms with E-state index in [4.69, 9.17) is 5.73 Å². The van der Waals surface area contributed by atoms with E-state index in [0.29, 0.717) is 31.6 Å². The summed E-state index contributed by atoms with van der Waals surface area (Å²) in [5, 5.41) is 2.94. The molecule has 2 amide bonds. The minimum atomic E-state index is -0.595. The van der Waals surface area contributed by atoms with Gasteiger partial charge in [-0.15, -0.1) is 0 Å². The number of hydrogen-bond acceptors (Lipinski definition) is 3. The predicted molar refractivity (Wildman–Crippen MR) is 84.1 cm³/mol. The molecular weight excluding hydrogens is 266 g/mol. The highest BCUT2D eigenvalue weighted by Gasteiger charge is 2.31. The van der Waals surface area contributed by atoms with Crippen molar-refractivity contribution in [3.05, 3.63) is 24.3 Å². The third-order valence-corrected chi connectivity index (χ3v) is 4.30. The van der Waals surface area contributed by atoms with Crippen molar-refractivity contribution in [1.82, 2.24) is 0 Å². The highest BCUT2D eigenvalue weighted by atomic mass is 16.2. The quantitative estimate of drug-likeness (QED) is 0.872. The van der Waals surface area contributed by atoms with Crippen LogP contribution < -0.4 is 16.0 Å². The van der Waals surface area contributed by atoms with Gasteiger partial charge < -0.3 is 16.0 Å². The van der Waals surface area contributed by atoms with E-state index in [9.17, 15) is 9.59 Å². The Hall–Kier alpha value is -1.88. The fourth-order valence-corrected chi connectivity index (χ4v) is 2.39. The first-order chi connectivity index (χ1) is 10.0. The summed E-state index contributed by atoms with van der Waals surface area (Å²) in [6.45, 7) is 4.79. The number of rotatable bonds is 5. The molecule has 1 saturated heterocycles. The normalized spacial score (nSPS) is 17.7. The third kappa shape index (κ3) is 3.08. The molecule has 114 valence electrons. The van der Waals surface area contributed by atoms with Crippen LogP contribution in [-0.2, 0) is 9.59 Å². The lowest BCUT2D eigenvalue weighted by atomic mass is 9.86. The maximum absolute atomic E-state index is 12.5. The highest BCUT2D eigenvalue weighted by Crippen LogP contribution is 2.31. The predicted octanol–water partition coefficient (Wildman–Crippen LogP) is 2.13. The standard InChI is InChI=1S/C16H23N3O2/c1-3-16(2,11-17)15(21)18-12-7-4-5-8-13(12)19-10-6-9-14(19)20/h4-5,7-8H,3,6,9-11,17H2,1-2H3,(H,18,21). The van der Waals surface area contributed by atoms with Crippen LogP contribution in [0.4, 0.5) is 11.4 Å². The van der Waals surface area contributed by atoms with Crippen LogP contribution in [0.2, 0.25) is 0 Å². The van der Waals surface area contributed by atoms with Crippen molar-refractivity contribution in [2.24, 2.45) is 11.1 Å². The minimum absolute atomic E-state index is 0.105. The fourth-order valence-electron chi connectivity index (χ4n) is 2.39. The lowest BCUT2D eigenvalue weighted by molar-refractivity contribution is -0.124. The number of nitrogens with two attached hydrogens (primary N) is 1. The summed E-state index contributed by atoms with van der Waals surface area (Å²) >= 11 is 0. The van der Waals surface area contributed by atoms with Crippen molar-refractivity contribution in [2.75, 3.05) is 23.3 Å². The van der Waals surface area contributed by atoms with E-state index < -0.39 is 5.41 Å². The molecule has 3 N–H and O–H groups in total. The van der Waals surface area contributed by atoms with Gasteiger partial charge in [0.25, 0.3) is 0 Å². The number of nitrogens with zero attached hydrogens (tertiary/aromatic N) is 1. The molecular formula is C16H23N3O2. The minimum Gasteiger partial charge on any atom is -0.329 e. The molecule has 0 bridgehead atoms. The zero-order chi connectivity index (χ0) is 15.5. The molecule has 2 rings (SSSR count). The van der Waals surface area contributed by atoms with Crippen LogP contribution in [0.5, 0.6) is 0 Å². The summed E-state index contributed by atoms with van der Waals surface area (Å²) in [6.07, 6.45) is 2.09. The van der Waals surface area contributed by atoms with E-state index in [1.165, 1.54) is 0 Å². The molecule has 1 aliphatic rings. The highest BCUT2D eigenvalue weighted by molar-refractivity contribution is 6.03. The van der Waals surface area contributed by atoms with Gasteiger partial charge in [0.15, 0.2) is 0 Å². The monoisotopic (exact) mass is 289 g/mol. The van der Waals surface area contributed by atoms with Gasteiger partial charge in [-0.3, -0.25) is 9.59 Å². The number of para-hydroxylation sites is 2. The molecule has 0 aliphatic carbocycles. The molecule has 5 heteroatoms. The largest absolute Gasteiger partial charge is 0.329 e. The van der Waals surface area contributed by atoms with Crippen molar-refractivity contribution >= 4 is 23.2 Å². The number of benzene rings is 1. The lowest BCUT2D eigenvalue weighted by Crippen LogP contribution is -2.39. The van der Waals surface area contributed by atoms with Gasteiger partial charge in [-0.2, -0.15) is 0 Å². The van der Waals surface area contributed by atoms with Crippen LogP contribution in [-0.4, -0.2) is 24.9 Å². The summed E-state index contributed by atoms with van der Waals surface area (Å²) in [5.74, 6) is 0.000345. The van der Waals surface area contributed by atoms with Crippen molar-refractivity contribution in [3.63, 3.8) is 0 Å². The summed E-state index contributed by atoms with van der Waals surface area (Å²) < 4.78 is 0. The Balaban J connectivity index is 2.25. The molecule has 1 atom stereocenters. The molecule has 1 unspecified atom stereocenters. The van der Waals surface area contributed by atoms with Gasteiger partial charge in [-0.25, -0.2) is 0 Å². The van der Waals surface area contributed by atoms with Crippen molar-refractivity contribution in [1.29, 1.82) is 0 Å². The SMILES string of the molecule is CCC(C)(CN)C(=O)Nc1ccccc1N1CCCC1=O. The topological polar surface area (TPSA) is 75.4 Å². The number of carbonyl (C=O) groups excluding carboxylic acids is 2. The second-order valence-corrected chi connectivity index (χ2v) is 5.74. The molecule has 1 aliphatic heterocycles. The van der Waals surface area contributed by atoms with Gasteiger partial charge in [-0.1, -0.05) is 19.1 Å². The van der Waals surface area contributed by atoms with Gasteiger partial charge in [-0.05, 0) is 31.9 Å². The van der Waals surface area contributed by atoms with Crippen molar-refractivity contribution in [3.8, 4) is 0 Å². The van der Waals surface area contributed by atoms with E-state index in [0.717, 1.165) is 12.1 Å². The van der Waals surface area contributed by atoms with Crippen LogP contribution >= 0.6 is 0 Å². The molecule has 1 aromatic carbocycles. The smallest absolute Gasteiger partial charge is 0.231 e. The summed E-state index contributed by atoms with van der Waals surface area (Å²) in [6, 6.07) is 7.42. The molecule has 5 nitrogen and oxygen atoms in total. The van der Waals surface area contributed by atoms with E-state index >= 15 is 0 Å². The van der Waals surface area contributed by atoms with Crippen LogP contribution in [0, 0.1) is 5.41 Å². The van der Waals surface area contributed by atoms with Crippen LogP contribution in [0.15, 0.2) is 24.3 Å². The Morgan fingerprint density at radius 3 is 2.71 bits per heavy atom. The molecule has 21 heavy (non-hydrogen) atoms. The molecule has 1 fully saturated rings. The number of carbonyl (C=O) groups is 2. The maximum Gasteiger partial charge on any atom is 0.231 e. The number of hydrogen-bond donors (Lipinski definition) is 2. The van der Waals surface area contributed by atoms with Gasteiger partial charge in [0.05, 0.1) is 16.8 Å². The Kier molecular flexibility index (Phi) is 4.63. The molecule has 1 aromatic rings. The number of nitrogens with one attached hydrogen (secondary N) is 1. The van der Waals surface area contributed by atoms with E-state index in [2.05, 4.69) is 5.32 Å². The molecule has 0 aromatic heterocycles. The molecule has 0 radical (unpaired) electrons. The van der Waals surface area contributed by atoms with Gasteiger partial charge in [0, 0.05) is 19.5 Å². The number of amides is 2. The first-order valence-corrected chi connectivity index (χ1v) is 7.43. The first kappa shape index (κ1) is 15.5. The molecule has 1 heterocycles. The van der Waals surface area contributed by atoms with Crippen molar-refractivity contribution < 1.29 is 9.59 Å². The van der Waals surface area contributed by atoms with Gasteiger partial charge in [0.2, 0.25) is 11.8 Å². The van der Waals surface area contributed by atoms with E-state index in [-0.39, 0.29) is 11.8 Å². The Morgan fingerprint density at radius 1 is 1.43 bits per heavy atom. The number of anilines is 2. The first-order valence-electron chi connectivity index (χ1n) is 7.43. The van der Waals surface area contributed by atoms with Crippen LogP contribution in [0.1, 0.15) is 33.1 Å². The zero-order valence-corrected chi connectivity index (χ0v) is 12.7. The Bertz CT molecular complexity index is 538. The Morgan fingerprint density at radius 2 is 2.14 bits per heavy atom. The molecule has 0 spiro atoms. The second kappa shape index (κ2) is 6.26.